The van der Waals surface area contributed by atoms with Crippen LogP contribution in [0, 0.1) is 12.6 Å². The summed E-state index contributed by atoms with van der Waals surface area (Å²) in [5.74, 6) is 0. The van der Waals surface area contributed by atoms with Crippen molar-refractivity contribution in [2.75, 3.05) is 5.73 Å². The molecule has 0 aliphatic heterocycles. The smallest absolute Gasteiger partial charge is 0.0985 e. The molecule has 0 amide bonds. The molecule has 0 unspecified atom stereocenters. The largest absolute Gasteiger partial charge is 0.459 e. The van der Waals surface area contributed by atoms with Crippen molar-refractivity contribution in [1.29, 1.82) is 0 Å². The van der Waals surface area contributed by atoms with E-state index in [4.69, 9.17) is 12.3 Å². The van der Waals surface area contributed by atoms with Gasteiger partial charge in [-0.05, 0) is 0 Å². The number of nitrogen functional groups attached to an aromatic ring is 1. The van der Waals surface area contributed by atoms with E-state index in [0.29, 0.717) is 11.4 Å². The molecule has 2 nitrogen and oxygen atoms in total. The van der Waals surface area contributed by atoms with Crippen LogP contribution >= 0.6 is 0 Å². The third kappa shape index (κ3) is 2.09. The van der Waals surface area contributed by atoms with Crippen LogP contribution in [-0.2, 0) is 32.7 Å². The second-order valence-corrected chi connectivity index (χ2v) is 1.59. The van der Waals surface area contributed by atoms with Crippen molar-refractivity contribution in [2.45, 2.75) is 0 Å². The van der Waals surface area contributed by atoms with E-state index >= 15 is 0 Å². The third-order valence-electron chi connectivity index (χ3n) is 0.977. The Morgan fingerprint density at radius 1 is 1.60 bits per heavy atom. The van der Waals surface area contributed by atoms with Crippen molar-refractivity contribution in [3.63, 3.8) is 0 Å². The van der Waals surface area contributed by atoms with Crippen molar-refractivity contribution >= 4 is 11.4 Å². The minimum absolute atomic E-state index is 0. The number of hydrogen-bond acceptors (Lipinski definition) is 1. The summed E-state index contributed by atoms with van der Waals surface area (Å²) in [6.45, 7) is 6.60. The van der Waals surface area contributed by atoms with E-state index in [2.05, 4.69) is 10.9 Å². The van der Waals surface area contributed by atoms with E-state index in [1.807, 2.05) is 0 Å². The molecule has 0 aromatic heterocycles. The van der Waals surface area contributed by atoms with Gasteiger partial charge in [0.15, 0.2) is 0 Å². The van der Waals surface area contributed by atoms with Gasteiger partial charge in [-0.15, -0.1) is 0 Å². The predicted molar refractivity (Wildman–Crippen MR) is 36.0 cm³/mol. The third-order valence-corrected chi connectivity index (χ3v) is 0.977. The summed E-state index contributed by atoms with van der Waals surface area (Å²) in [6.07, 6.45) is 0. The van der Waals surface area contributed by atoms with Crippen LogP contribution in [0.1, 0.15) is 0 Å². The average Bonchev–Trinajstić information content (AvgIpc) is 1.89. The molecule has 47 valence electrons. The summed E-state index contributed by atoms with van der Waals surface area (Å²) in [7, 11) is 0. The summed E-state index contributed by atoms with van der Waals surface area (Å²) in [5, 5.41) is 0. The zero-order valence-corrected chi connectivity index (χ0v) is 8.17. The van der Waals surface area contributed by atoms with Crippen LogP contribution in [-0.4, -0.2) is 0 Å². The van der Waals surface area contributed by atoms with E-state index in [1.54, 1.807) is 18.2 Å². The van der Waals surface area contributed by atoms with Gasteiger partial charge < -0.3 is 5.73 Å². The second-order valence-electron chi connectivity index (χ2n) is 1.59. The molecule has 3 heteroatoms. The zero-order valence-electron chi connectivity index (χ0n) is 5.33. The fourth-order valence-corrected chi connectivity index (χ4v) is 0.538. The van der Waals surface area contributed by atoms with Gasteiger partial charge in [-0.3, -0.25) is 4.85 Å². The average molecular weight is 206 g/mol. The van der Waals surface area contributed by atoms with E-state index in [-0.39, 0.29) is 32.7 Å². The molecule has 0 saturated carbocycles. The molecule has 0 bridgehead atoms. The van der Waals surface area contributed by atoms with Crippen molar-refractivity contribution in [2.24, 2.45) is 0 Å². The molecule has 0 aliphatic rings. The molecule has 1 aromatic carbocycles. The van der Waals surface area contributed by atoms with Crippen LogP contribution in [0.2, 0.25) is 0 Å². The molecule has 0 aliphatic carbocycles. The maximum absolute atomic E-state index is 6.60. The van der Waals surface area contributed by atoms with Gasteiger partial charge in [-0.2, -0.15) is 24.3 Å². The Balaban J connectivity index is 0.000000810. The molecule has 1 aromatic rings. The number of anilines is 1. The molecular formula is C7H5N2Y-. The van der Waals surface area contributed by atoms with E-state index in [0.717, 1.165) is 0 Å². The first-order valence-corrected chi connectivity index (χ1v) is 2.48. The Morgan fingerprint density at radius 2 is 2.30 bits per heavy atom. The van der Waals surface area contributed by atoms with Gasteiger partial charge in [0, 0.05) is 32.7 Å². The summed E-state index contributed by atoms with van der Waals surface area (Å²) >= 11 is 0. The summed E-state index contributed by atoms with van der Waals surface area (Å²) in [4.78, 5) is 3.14. The molecular weight excluding hydrogens is 201 g/mol. The van der Waals surface area contributed by atoms with Gasteiger partial charge in [0.05, 0.1) is 12.3 Å². The van der Waals surface area contributed by atoms with Crippen molar-refractivity contribution in [3.8, 4) is 0 Å². The van der Waals surface area contributed by atoms with Crippen LogP contribution in [0.15, 0.2) is 18.2 Å². The Kier molecular flexibility index (Phi) is 4.26. The van der Waals surface area contributed by atoms with Crippen molar-refractivity contribution in [3.05, 3.63) is 35.7 Å². The number of benzene rings is 1. The first kappa shape index (κ1) is 9.61. The Hall–Kier alpha value is -0.386. The number of hydrogen-bond donors (Lipinski definition) is 1. The molecule has 0 spiro atoms. The van der Waals surface area contributed by atoms with Crippen molar-refractivity contribution in [1.82, 2.24) is 0 Å². The summed E-state index contributed by atoms with van der Waals surface area (Å²) in [5.41, 5.74) is 6.28. The Morgan fingerprint density at radius 3 is 2.70 bits per heavy atom. The number of para-hydroxylation sites is 1. The van der Waals surface area contributed by atoms with E-state index in [1.165, 1.54) is 0 Å². The topological polar surface area (TPSA) is 30.4 Å². The number of nitrogens with zero attached hydrogens (tertiary/aromatic N) is 1. The van der Waals surface area contributed by atoms with Crippen LogP contribution < -0.4 is 5.73 Å². The fraction of sp³-hybridized carbons (Fsp3) is 0. The van der Waals surface area contributed by atoms with E-state index in [9.17, 15) is 0 Å². The molecule has 0 saturated heterocycles. The molecule has 1 rings (SSSR count). The van der Waals surface area contributed by atoms with Crippen LogP contribution in [0.3, 0.4) is 0 Å². The molecule has 10 heavy (non-hydrogen) atoms. The van der Waals surface area contributed by atoms with Gasteiger partial charge >= 0.3 is 0 Å². The molecule has 0 heterocycles. The summed E-state index contributed by atoms with van der Waals surface area (Å²) < 4.78 is 0. The number of nitrogens with two attached hydrogens (primary N) is 1. The monoisotopic (exact) mass is 206 g/mol. The summed E-state index contributed by atoms with van der Waals surface area (Å²) in [6, 6.07) is 7.82. The maximum atomic E-state index is 6.60. The fourth-order valence-electron chi connectivity index (χ4n) is 0.538. The maximum Gasteiger partial charge on any atom is 0.0985 e. The zero-order chi connectivity index (χ0) is 6.69. The molecule has 1 radical (unpaired) electrons. The van der Waals surface area contributed by atoms with Crippen molar-refractivity contribution < 1.29 is 32.7 Å². The molecule has 0 fully saturated rings. The molecule has 0 atom stereocenters. The van der Waals surface area contributed by atoms with Gasteiger partial charge in [0.2, 0.25) is 0 Å². The number of rotatable bonds is 0. The van der Waals surface area contributed by atoms with Gasteiger partial charge in [0.25, 0.3) is 0 Å². The minimum atomic E-state index is 0. The van der Waals surface area contributed by atoms with Crippen LogP contribution in [0.25, 0.3) is 4.85 Å². The molecule has 2 N–H and O–H groups in total. The van der Waals surface area contributed by atoms with E-state index < -0.39 is 0 Å². The second kappa shape index (κ2) is 4.43. The van der Waals surface area contributed by atoms with Gasteiger partial charge in [0.1, 0.15) is 0 Å². The first-order valence-electron chi connectivity index (χ1n) is 2.48. The SMILES string of the molecule is [C-]#[N+]c1[c-]cccc1N.[Y]. The van der Waals surface area contributed by atoms with Crippen LogP contribution in [0.5, 0.6) is 0 Å². The van der Waals surface area contributed by atoms with Gasteiger partial charge in [-0.1, -0.05) is 5.69 Å². The normalized spacial score (nSPS) is 7.50. The Labute approximate surface area is 85.1 Å². The Bertz CT molecular complexity index is 252. The van der Waals surface area contributed by atoms with Gasteiger partial charge in [-0.25, -0.2) is 0 Å². The van der Waals surface area contributed by atoms with Crippen LogP contribution in [0.4, 0.5) is 11.4 Å². The quantitative estimate of drug-likeness (QED) is 0.507. The standard InChI is InChI=1S/C7H5N2.Y/c1-9-7-5-3-2-4-6(7)8;/h2-4H,8H2;/q-1;. The first-order chi connectivity index (χ1) is 4.34. The minimum Gasteiger partial charge on any atom is -0.459 e. The predicted octanol–water partition coefficient (Wildman–Crippen LogP) is 1.62.